The number of nitrogens with one attached hydrogen (secondary N) is 2. The molecule has 4 aromatic rings. The smallest absolute Gasteiger partial charge is 0.258 e. The summed E-state index contributed by atoms with van der Waals surface area (Å²) in [5.74, 6) is -1.07. The number of benzene rings is 2. The number of hydrogen-bond donors (Lipinski definition) is 2. The number of fused-ring (bicyclic) bond motifs is 5. The first-order chi connectivity index (χ1) is 13.0. The van der Waals surface area contributed by atoms with Gasteiger partial charge in [-0.15, -0.1) is 0 Å². The molecule has 1 atom stereocenters. The van der Waals surface area contributed by atoms with Crippen molar-refractivity contribution in [2.45, 2.75) is 12.3 Å². The first kappa shape index (κ1) is 16.0. The minimum atomic E-state index is -0.795. The molecule has 5 rings (SSSR count). The fourth-order valence-corrected chi connectivity index (χ4v) is 4.03. The molecule has 0 saturated carbocycles. The third-order valence-corrected chi connectivity index (χ3v) is 5.18. The van der Waals surface area contributed by atoms with E-state index in [1.807, 2.05) is 24.3 Å². The molecule has 0 radical (unpaired) electrons. The standard InChI is InChI=1S/C19H12ClFN4O2/c20-10-4-3-5-11(21)15(10)9-8-14(26)23-17-16(9)18(27)24-19-22-12-6-1-2-7-13(12)25(17)19/h1-7,9H,8H2,(H,23,26)(H,22,24,27)/t9-/m0/s1. The summed E-state index contributed by atoms with van der Waals surface area (Å²) in [4.78, 5) is 32.4. The van der Waals surface area contributed by atoms with Crippen LogP contribution in [0.25, 0.3) is 16.8 Å². The highest BCUT2D eigenvalue weighted by Gasteiger charge is 2.34. The van der Waals surface area contributed by atoms with Gasteiger partial charge in [0.1, 0.15) is 11.6 Å². The van der Waals surface area contributed by atoms with Gasteiger partial charge in [-0.2, -0.15) is 0 Å². The Morgan fingerprint density at radius 3 is 2.74 bits per heavy atom. The second-order valence-corrected chi connectivity index (χ2v) is 6.82. The van der Waals surface area contributed by atoms with Crippen LogP contribution in [-0.2, 0) is 4.79 Å². The van der Waals surface area contributed by atoms with Crippen LogP contribution in [0, 0.1) is 5.82 Å². The number of nitrogens with zero attached hydrogens (tertiary/aromatic N) is 2. The SMILES string of the molecule is O=C1C[C@@H](c2c(F)cccc2Cl)c2c(n3c(nc4ccccc43)[nH]c2=O)N1. The summed E-state index contributed by atoms with van der Waals surface area (Å²) in [5, 5.41) is 2.94. The number of H-pyrrole nitrogens is 1. The van der Waals surface area contributed by atoms with Gasteiger partial charge in [-0.05, 0) is 24.3 Å². The van der Waals surface area contributed by atoms with Crippen LogP contribution in [0.1, 0.15) is 23.5 Å². The third-order valence-electron chi connectivity index (χ3n) is 4.85. The molecule has 134 valence electrons. The molecule has 0 spiro atoms. The van der Waals surface area contributed by atoms with E-state index < -0.39 is 17.3 Å². The lowest BCUT2D eigenvalue weighted by Crippen LogP contribution is -2.32. The number of aromatic nitrogens is 3. The molecule has 2 aromatic heterocycles. The lowest BCUT2D eigenvalue weighted by Gasteiger charge is -2.26. The zero-order valence-electron chi connectivity index (χ0n) is 13.8. The van der Waals surface area contributed by atoms with Gasteiger partial charge >= 0.3 is 0 Å². The highest BCUT2D eigenvalue weighted by atomic mass is 35.5. The zero-order valence-corrected chi connectivity index (χ0v) is 14.5. The quantitative estimate of drug-likeness (QED) is 0.529. The summed E-state index contributed by atoms with van der Waals surface area (Å²) in [5.41, 5.74) is 1.36. The molecule has 1 amide bonds. The van der Waals surface area contributed by atoms with Gasteiger partial charge in [-0.25, -0.2) is 9.37 Å². The van der Waals surface area contributed by atoms with E-state index >= 15 is 0 Å². The van der Waals surface area contributed by atoms with Gasteiger partial charge in [0.25, 0.3) is 5.56 Å². The fourth-order valence-electron chi connectivity index (χ4n) is 3.74. The average molecular weight is 383 g/mol. The molecule has 2 aromatic carbocycles. The van der Waals surface area contributed by atoms with Crippen LogP contribution in [0.15, 0.2) is 47.3 Å². The second-order valence-electron chi connectivity index (χ2n) is 6.42. The summed E-state index contributed by atoms with van der Waals surface area (Å²) >= 11 is 6.22. The van der Waals surface area contributed by atoms with Crippen molar-refractivity contribution in [2.75, 3.05) is 5.32 Å². The molecule has 8 heteroatoms. The molecule has 0 saturated heterocycles. The monoisotopic (exact) mass is 382 g/mol. The van der Waals surface area contributed by atoms with Crippen LogP contribution in [0.2, 0.25) is 5.02 Å². The van der Waals surface area contributed by atoms with Gasteiger partial charge < -0.3 is 5.32 Å². The number of aromatic amines is 1. The number of para-hydroxylation sites is 2. The predicted octanol–water partition coefficient (Wildman–Crippen LogP) is 3.44. The van der Waals surface area contributed by atoms with Crippen LogP contribution in [0.5, 0.6) is 0 Å². The number of carbonyl (C=O) groups excluding carboxylic acids is 1. The van der Waals surface area contributed by atoms with Crippen molar-refractivity contribution < 1.29 is 9.18 Å². The fraction of sp³-hybridized carbons (Fsp3) is 0.105. The van der Waals surface area contributed by atoms with Crippen LogP contribution < -0.4 is 10.9 Å². The highest BCUT2D eigenvalue weighted by Crippen LogP contribution is 2.39. The lowest BCUT2D eigenvalue weighted by molar-refractivity contribution is -0.116. The number of hydrogen-bond acceptors (Lipinski definition) is 3. The van der Waals surface area contributed by atoms with Crippen molar-refractivity contribution >= 4 is 40.1 Å². The summed E-state index contributed by atoms with van der Waals surface area (Å²) in [6.45, 7) is 0. The van der Waals surface area contributed by atoms with Gasteiger partial charge in [0, 0.05) is 22.9 Å². The molecular formula is C19H12ClFN4O2. The van der Waals surface area contributed by atoms with E-state index in [1.165, 1.54) is 12.1 Å². The molecule has 0 bridgehead atoms. The molecule has 27 heavy (non-hydrogen) atoms. The van der Waals surface area contributed by atoms with E-state index in [0.29, 0.717) is 17.1 Å². The maximum absolute atomic E-state index is 14.5. The number of rotatable bonds is 1. The summed E-state index contributed by atoms with van der Waals surface area (Å²) in [6, 6.07) is 11.6. The zero-order chi connectivity index (χ0) is 18.7. The molecule has 1 aliphatic heterocycles. The number of imidazole rings is 1. The van der Waals surface area contributed by atoms with Crippen LogP contribution in [-0.4, -0.2) is 20.3 Å². The summed E-state index contributed by atoms with van der Waals surface area (Å²) in [6.07, 6.45) is -0.0745. The maximum atomic E-state index is 14.5. The summed E-state index contributed by atoms with van der Waals surface area (Å²) < 4.78 is 16.2. The van der Waals surface area contributed by atoms with Crippen molar-refractivity contribution in [3.63, 3.8) is 0 Å². The van der Waals surface area contributed by atoms with Gasteiger partial charge in [-0.1, -0.05) is 29.8 Å². The van der Waals surface area contributed by atoms with Gasteiger partial charge in [0.15, 0.2) is 0 Å². The van der Waals surface area contributed by atoms with Crippen molar-refractivity contribution in [1.29, 1.82) is 0 Å². The van der Waals surface area contributed by atoms with Crippen LogP contribution in [0.4, 0.5) is 10.2 Å². The largest absolute Gasteiger partial charge is 0.311 e. The van der Waals surface area contributed by atoms with Crippen molar-refractivity contribution in [3.8, 4) is 0 Å². The summed E-state index contributed by atoms with van der Waals surface area (Å²) in [7, 11) is 0. The minimum absolute atomic E-state index is 0.0745. The van der Waals surface area contributed by atoms with Crippen LogP contribution in [0.3, 0.4) is 0 Å². The topological polar surface area (TPSA) is 79.3 Å². The number of amides is 1. The van der Waals surface area contributed by atoms with E-state index in [2.05, 4.69) is 15.3 Å². The van der Waals surface area contributed by atoms with Gasteiger partial charge in [0.05, 0.1) is 16.6 Å². The Labute approximate surface area is 156 Å². The van der Waals surface area contributed by atoms with E-state index in [0.717, 1.165) is 5.52 Å². The Morgan fingerprint density at radius 2 is 1.93 bits per heavy atom. The number of anilines is 1. The average Bonchev–Trinajstić information content (AvgIpc) is 2.99. The molecule has 6 nitrogen and oxygen atoms in total. The lowest BCUT2D eigenvalue weighted by atomic mass is 9.86. The number of halogens is 2. The molecule has 0 aliphatic carbocycles. The minimum Gasteiger partial charge on any atom is -0.311 e. The molecule has 0 fully saturated rings. The van der Waals surface area contributed by atoms with Crippen molar-refractivity contribution in [2.24, 2.45) is 0 Å². The van der Waals surface area contributed by atoms with Gasteiger partial charge in [0.2, 0.25) is 11.7 Å². The molecular weight excluding hydrogens is 371 g/mol. The molecule has 2 N–H and O–H groups in total. The first-order valence-corrected chi connectivity index (χ1v) is 8.69. The molecule has 1 aliphatic rings. The number of carbonyl (C=O) groups is 1. The molecule has 0 unspecified atom stereocenters. The van der Waals surface area contributed by atoms with E-state index in [4.69, 9.17) is 11.6 Å². The van der Waals surface area contributed by atoms with Gasteiger partial charge in [-0.3, -0.25) is 19.0 Å². The van der Waals surface area contributed by atoms with E-state index in [9.17, 15) is 14.0 Å². The maximum Gasteiger partial charge on any atom is 0.258 e. The third kappa shape index (κ3) is 2.28. The first-order valence-electron chi connectivity index (χ1n) is 8.31. The Hall–Kier alpha value is -3.19. The highest BCUT2D eigenvalue weighted by molar-refractivity contribution is 6.31. The van der Waals surface area contributed by atoms with Crippen molar-refractivity contribution in [3.05, 3.63) is 74.8 Å². The Bertz CT molecular complexity index is 1290. The normalized spacial score (nSPS) is 16.5. The Kier molecular flexibility index (Phi) is 3.35. The predicted molar refractivity (Wildman–Crippen MR) is 99.8 cm³/mol. The van der Waals surface area contributed by atoms with E-state index in [-0.39, 0.29) is 28.5 Å². The van der Waals surface area contributed by atoms with Crippen LogP contribution >= 0.6 is 11.6 Å². The Balaban J connectivity index is 1.90. The second kappa shape index (κ2) is 5.65. The van der Waals surface area contributed by atoms with Crippen molar-refractivity contribution in [1.82, 2.24) is 14.4 Å². The Morgan fingerprint density at radius 1 is 1.11 bits per heavy atom. The van der Waals surface area contributed by atoms with E-state index in [1.54, 1.807) is 10.5 Å². The molecule has 3 heterocycles.